The molecule has 0 bridgehead atoms. The molecule has 0 aromatic heterocycles. The molecular weight excluding hydrogens is 380 g/mol. The van der Waals surface area contributed by atoms with Gasteiger partial charge in [-0.1, -0.05) is 0 Å². The number of fused-ring (bicyclic) bond motifs is 1. The quantitative estimate of drug-likeness (QED) is 0.626. The number of alkyl halides is 12. The van der Waals surface area contributed by atoms with Crippen molar-refractivity contribution in [1.29, 1.82) is 0 Å². The third-order valence-corrected chi connectivity index (χ3v) is 3.87. The molecule has 2 unspecified atom stereocenters. The zero-order chi connectivity index (χ0) is 19.4. The minimum Gasteiger partial charge on any atom is -0.298 e. The summed E-state index contributed by atoms with van der Waals surface area (Å²) >= 11 is 0. The fourth-order valence-corrected chi connectivity index (χ4v) is 2.20. The first-order valence-electron chi connectivity index (χ1n) is 5.83. The van der Waals surface area contributed by atoms with E-state index in [0.29, 0.717) is 0 Å². The third-order valence-electron chi connectivity index (χ3n) is 3.87. The first-order chi connectivity index (χ1) is 10.2. The molecule has 1 aliphatic carbocycles. The molecule has 0 amide bonds. The molecule has 0 radical (unpaired) electrons. The minimum atomic E-state index is -7.20. The van der Waals surface area contributed by atoms with Crippen LogP contribution < -0.4 is 0 Å². The van der Waals surface area contributed by atoms with E-state index in [1.165, 1.54) is 0 Å². The summed E-state index contributed by atoms with van der Waals surface area (Å²) in [6.45, 7) is -0.569. The standard InChI is InChI=1S/C10H6F12O2/c1-3(11,12)4(2)23-9(21)7(17,18)5(13,14)6(15,16)8(19,20)10(9,22)24-4/h1-2H3. The van der Waals surface area contributed by atoms with Crippen LogP contribution in [0.15, 0.2) is 0 Å². The van der Waals surface area contributed by atoms with Crippen molar-refractivity contribution in [2.24, 2.45) is 0 Å². The van der Waals surface area contributed by atoms with E-state index < -0.39 is 47.1 Å². The zero-order valence-electron chi connectivity index (χ0n) is 11.4. The van der Waals surface area contributed by atoms with E-state index in [9.17, 15) is 52.7 Å². The summed E-state index contributed by atoms with van der Waals surface area (Å²) in [6.07, 6.45) is 0. The molecule has 2 fully saturated rings. The number of hydrogen-bond donors (Lipinski definition) is 0. The molecule has 2 aliphatic rings. The molecule has 1 saturated carbocycles. The van der Waals surface area contributed by atoms with Crippen molar-refractivity contribution >= 4 is 0 Å². The van der Waals surface area contributed by atoms with Crippen LogP contribution in [0.4, 0.5) is 52.7 Å². The molecule has 0 aromatic rings. The summed E-state index contributed by atoms with van der Waals surface area (Å²) in [5, 5.41) is 0. The van der Waals surface area contributed by atoms with Crippen molar-refractivity contribution in [2.75, 3.05) is 0 Å². The summed E-state index contributed by atoms with van der Waals surface area (Å²) < 4.78 is 168. The number of ether oxygens (including phenoxy) is 2. The van der Waals surface area contributed by atoms with Gasteiger partial charge in [-0.25, -0.2) is 8.78 Å². The Bertz CT molecular complexity index is 529. The lowest BCUT2D eigenvalue weighted by atomic mass is 9.78. The highest BCUT2D eigenvalue weighted by molar-refractivity contribution is 5.26. The molecule has 24 heavy (non-hydrogen) atoms. The van der Waals surface area contributed by atoms with E-state index in [1.807, 2.05) is 0 Å². The van der Waals surface area contributed by atoms with Crippen LogP contribution in [0, 0.1) is 0 Å². The second kappa shape index (κ2) is 4.07. The smallest absolute Gasteiger partial charge is 0.298 e. The van der Waals surface area contributed by atoms with Crippen LogP contribution in [0.1, 0.15) is 13.8 Å². The molecule has 2 nitrogen and oxygen atoms in total. The van der Waals surface area contributed by atoms with E-state index in [1.54, 1.807) is 0 Å². The monoisotopic (exact) mass is 386 g/mol. The molecule has 0 spiro atoms. The maximum atomic E-state index is 14.2. The van der Waals surface area contributed by atoms with E-state index in [0.717, 1.165) is 0 Å². The molecule has 2 atom stereocenters. The normalized spacial score (nSPS) is 45.8. The maximum absolute atomic E-state index is 14.2. The predicted octanol–water partition coefficient (Wildman–Crippen LogP) is 4.29. The molecule has 1 aliphatic heterocycles. The van der Waals surface area contributed by atoms with E-state index in [-0.39, 0.29) is 13.8 Å². The molecule has 14 heteroatoms. The molecule has 1 heterocycles. The Kier molecular flexibility index (Phi) is 3.29. The van der Waals surface area contributed by atoms with Crippen LogP contribution in [-0.4, -0.2) is 47.1 Å². The lowest BCUT2D eigenvalue weighted by Crippen LogP contribution is -2.84. The highest BCUT2D eigenvalue weighted by Crippen LogP contribution is 2.73. The lowest BCUT2D eigenvalue weighted by molar-refractivity contribution is -0.507. The molecule has 1 saturated heterocycles. The van der Waals surface area contributed by atoms with Crippen LogP contribution >= 0.6 is 0 Å². The number of hydrogen-bond acceptors (Lipinski definition) is 2. The SMILES string of the molecule is CC(F)(F)C1(C)OC2(F)C(F)(F)C(F)(F)C(F)(F)C(F)(F)C2(F)O1. The van der Waals surface area contributed by atoms with Crippen LogP contribution in [0.3, 0.4) is 0 Å². The fourth-order valence-electron chi connectivity index (χ4n) is 2.20. The maximum Gasteiger partial charge on any atom is 0.384 e. The zero-order valence-corrected chi connectivity index (χ0v) is 11.4. The van der Waals surface area contributed by atoms with Gasteiger partial charge in [0.05, 0.1) is 0 Å². The predicted molar refractivity (Wildman–Crippen MR) is 48.7 cm³/mol. The minimum absolute atomic E-state index is 0.254. The van der Waals surface area contributed by atoms with E-state index in [4.69, 9.17) is 0 Å². The van der Waals surface area contributed by atoms with Crippen LogP contribution in [0.25, 0.3) is 0 Å². The highest BCUT2D eigenvalue weighted by Gasteiger charge is 3.05. The van der Waals surface area contributed by atoms with Crippen LogP contribution in [-0.2, 0) is 9.47 Å². The van der Waals surface area contributed by atoms with Gasteiger partial charge < -0.3 is 0 Å². The largest absolute Gasteiger partial charge is 0.384 e. The van der Waals surface area contributed by atoms with Gasteiger partial charge in [0.2, 0.25) is 5.79 Å². The summed E-state index contributed by atoms with van der Waals surface area (Å²) in [4.78, 5) is 0. The van der Waals surface area contributed by atoms with E-state index in [2.05, 4.69) is 9.47 Å². The summed E-state index contributed by atoms with van der Waals surface area (Å²) in [5.41, 5.74) is 0. The molecule has 0 N–H and O–H groups in total. The van der Waals surface area contributed by atoms with Gasteiger partial charge in [0.15, 0.2) is 0 Å². The second-order valence-corrected chi connectivity index (χ2v) is 5.53. The van der Waals surface area contributed by atoms with Crippen molar-refractivity contribution in [3.8, 4) is 0 Å². The lowest BCUT2D eigenvalue weighted by Gasteiger charge is -2.50. The van der Waals surface area contributed by atoms with E-state index >= 15 is 0 Å². The highest BCUT2D eigenvalue weighted by atomic mass is 19.4. The van der Waals surface area contributed by atoms with Crippen LogP contribution in [0.5, 0.6) is 0 Å². The van der Waals surface area contributed by atoms with Gasteiger partial charge in [0.25, 0.3) is 5.92 Å². The first-order valence-corrected chi connectivity index (χ1v) is 5.83. The van der Waals surface area contributed by atoms with Gasteiger partial charge in [-0.05, 0) is 6.92 Å². The van der Waals surface area contributed by atoms with Crippen molar-refractivity contribution in [2.45, 2.75) is 61.0 Å². The first kappa shape index (κ1) is 19.4. The second-order valence-electron chi connectivity index (χ2n) is 5.53. The Balaban J connectivity index is 2.84. The van der Waals surface area contributed by atoms with Crippen molar-refractivity contribution < 1.29 is 62.2 Å². The Morgan fingerprint density at radius 3 is 1.04 bits per heavy atom. The Morgan fingerprint density at radius 2 is 0.833 bits per heavy atom. The molecular formula is C10H6F12O2. The van der Waals surface area contributed by atoms with Gasteiger partial charge in [0, 0.05) is 6.92 Å². The summed E-state index contributed by atoms with van der Waals surface area (Å²) in [6, 6.07) is 0. The van der Waals surface area contributed by atoms with Crippen molar-refractivity contribution in [3.63, 3.8) is 0 Å². The topological polar surface area (TPSA) is 18.5 Å². The summed E-state index contributed by atoms with van der Waals surface area (Å²) in [5.74, 6) is -50.1. The summed E-state index contributed by atoms with van der Waals surface area (Å²) in [7, 11) is 0. The van der Waals surface area contributed by atoms with Gasteiger partial charge in [-0.2, -0.15) is 43.9 Å². The third kappa shape index (κ3) is 1.55. The Morgan fingerprint density at radius 1 is 0.583 bits per heavy atom. The average Bonchev–Trinajstić information content (AvgIpc) is 2.58. The van der Waals surface area contributed by atoms with Gasteiger partial charge in [0.1, 0.15) is 0 Å². The Labute approximate surface area is 124 Å². The van der Waals surface area contributed by atoms with Gasteiger partial charge in [-0.3, -0.25) is 9.47 Å². The Hall–Kier alpha value is -0.920. The molecule has 142 valence electrons. The fraction of sp³-hybridized carbons (Fsp3) is 1.00. The molecule has 0 aromatic carbocycles. The number of rotatable bonds is 1. The number of halogens is 12. The van der Waals surface area contributed by atoms with Gasteiger partial charge >= 0.3 is 35.4 Å². The molecule has 2 rings (SSSR count). The van der Waals surface area contributed by atoms with Crippen molar-refractivity contribution in [3.05, 3.63) is 0 Å². The average molecular weight is 386 g/mol. The van der Waals surface area contributed by atoms with Gasteiger partial charge in [-0.15, -0.1) is 0 Å². The van der Waals surface area contributed by atoms with Crippen molar-refractivity contribution in [1.82, 2.24) is 0 Å². The van der Waals surface area contributed by atoms with Crippen LogP contribution in [0.2, 0.25) is 0 Å².